The van der Waals surface area contributed by atoms with Crippen LogP contribution >= 0.6 is 0 Å². The highest BCUT2D eigenvalue weighted by molar-refractivity contribution is 5.84. The summed E-state index contributed by atoms with van der Waals surface area (Å²) in [7, 11) is 0. The zero-order valence-corrected chi connectivity index (χ0v) is 10.2. The summed E-state index contributed by atoms with van der Waals surface area (Å²) in [5.74, 6) is 0. The Morgan fingerprint density at radius 2 is 1.95 bits per heavy atom. The number of aromatic nitrogens is 2. The van der Waals surface area contributed by atoms with Crippen LogP contribution in [0.5, 0.6) is 0 Å². The third kappa shape index (κ3) is 2.14. The van der Waals surface area contributed by atoms with E-state index >= 15 is 0 Å². The van der Waals surface area contributed by atoms with Crippen LogP contribution in [0, 0.1) is 11.3 Å². The first kappa shape index (κ1) is 11.3. The summed E-state index contributed by atoms with van der Waals surface area (Å²) in [6.45, 7) is 0. The Labute approximate surface area is 110 Å². The van der Waals surface area contributed by atoms with Crippen LogP contribution in [0.25, 0.3) is 10.9 Å². The third-order valence-electron chi connectivity index (χ3n) is 2.99. The number of rotatable bonds is 3. The predicted octanol–water partition coefficient (Wildman–Crippen LogP) is 2.98. The van der Waals surface area contributed by atoms with Crippen LogP contribution in [0.3, 0.4) is 0 Å². The number of nitriles is 1. The van der Waals surface area contributed by atoms with E-state index in [9.17, 15) is 0 Å². The van der Waals surface area contributed by atoms with Crippen molar-refractivity contribution in [2.75, 3.05) is 5.43 Å². The SMILES string of the molecule is N#CCc1cn(Nc2ccncc2)c2ccccc12. The quantitative estimate of drug-likeness (QED) is 0.775. The minimum Gasteiger partial charge on any atom is -0.294 e. The molecule has 0 aliphatic rings. The predicted molar refractivity (Wildman–Crippen MR) is 74.5 cm³/mol. The van der Waals surface area contributed by atoms with E-state index in [0.29, 0.717) is 6.42 Å². The van der Waals surface area contributed by atoms with Crippen molar-refractivity contribution in [3.05, 3.63) is 60.6 Å². The van der Waals surface area contributed by atoms with Crippen LogP contribution in [0.1, 0.15) is 5.56 Å². The normalized spacial score (nSPS) is 10.3. The molecule has 0 aliphatic heterocycles. The van der Waals surface area contributed by atoms with Gasteiger partial charge in [0.05, 0.1) is 23.7 Å². The van der Waals surface area contributed by atoms with Crippen molar-refractivity contribution in [3.63, 3.8) is 0 Å². The molecule has 0 radical (unpaired) electrons. The molecule has 0 fully saturated rings. The van der Waals surface area contributed by atoms with Crippen LogP contribution < -0.4 is 5.43 Å². The van der Waals surface area contributed by atoms with E-state index in [2.05, 4.69) is 16.5 Å². The van der Waals surface area contributed by atoms with Crippen LogP contribution in [0.15, 0.2) is 55.0 Å². The standard InChI is InChI=1S/C15H12N4/c16-8-5-12-11-19(15-4-2-1-3-14(12)15)18-13-6-9-17-10-7-13/h1-4,6-7,9-11H,5H2,(H,17,18). The maximum Gasteiger partial charge on any atom is 0.0699 e. The molecule has 0 bridgehead atoms. The molecule has 4 heteroatoms. The number of pyridine rings is 1. The third-order valence-corrected chi connectivity index (χ3v) is 2.99. The summed E-state index contributed by atoms with van der Waals surface area (Å²) >= 11 is 0. The number of para-hydroxylation sites is 1. The van der Waals surface area contributed by atoms with E-state index < -0.39 is 0 Å². The lowest BCUT2D eigenvalue weighted by atomic mass is 10.1. The Bertz CT molecular complexity index is 738. The topological polar surface area (TPSA) is 53.6 Å². The first-order chi connectivity index (χ1) is 9.38. The lowest BCUT2D eigenvalue weighted by molar-refractivity contribution is 1.000. The van der Waals surface area contributed by atoms with Crippen molar-refractivity contribution in [1.29, 1.82) is 5.26 Å². The average molecular weight is 248 g/mol. The van der Waals surface area contributed by atoms with Gasteiger partial charge >= 0.3 is 0 Å². The van der Waals surface area contributed by atoms with Gasteiger partial charge in [-0.3, -0.25) is 15.1 Å². The molecule has 3 rings (SSSR count). The van der Waals surface area contributed by atoms with Gasteiger partial charge in [0.15, 0.2) is 0 Å². The fraction of sp³-hybridized carbons (Fsp3) is 0.0667. The van der Waals surface area contributed by atoms with Gasteiger partial charge < -0.3 is 0 Å². The number of benzene rings is 1. The second kappa shape index (κ2) is 4.83. The van der Waals surface area contributed by atoms with E-state index in [0.717, 1.165) is 22.2 Å². The van der Waals surface area contributed by atoms with Crippen LogP contribution in [-0.2, 0) is 6.42 Å². The molecule has 0 saturated heterocycles. The van der Waals surface area contributed by atoms with Gasteiger partial charge in [-0.1, -0.05) is 18.2 Å². The van der Waals surface area contributed by atoms with Crippen LogP contribution in [0.4, 0.5) is 5.69 Å². The minimum atomic E-state index is 0.408. The zero-order chi connectivity index (χ0) is 13.1. The second-order valence-electron chi connectivity index (χ2n) is 4.22. The molecule has 3 aromatic rings. The number of hydrogen-bond acceptors (Lipinski definition) is 3. The van der Waals surface area contributed by atoms with E-state index in [1.807, 2.05) is 47.3 Å². The van der Waals surface area contributed by atoms with Gasteiger partial charge in [0.1, 0.15) is 0 Å². The molecule has 1 N–H and O–H groups in total. The molecule has 0 amide bonds. The Morgan fingerprint density at radius 1 is 1.16 bits per heavy atom. The summed E-state index contributed by atoms with van der Waals surface area (Å²) < 4.78 is 1.94. The smallest absolute Gasteiger partial charge is 0.0699 e. The highest BCUT2D eigenvalue weighted by Gasteiger charge is 2.07. The summed E-state index contributed by atoms with van der Waals surface area (Å²) in [5, 5.41) is 9.99. The van der Waals surface area contributed by atoms with Gasteiger partial charge in [-0.15, -0.1) is 0 Å². The highest BCUT2D eigenvalue weighted by atomic mass is 15.4. The van der Waals surface area contributed by atoms with Crippen molar-refractivity contribution in [2.45, 2.75) is 6.42 Å². The Kier molecular flexibility index (Phi) is 2.87. The first-order valence-electron chi connectivity index (χ1n) is 6.01. The molecule has 0 aliphatic carbocycles. The molecule has 0 spiro atoms. The lowest BCUT2D eigenvalue weighted by Gasteiger charge is -2.08. The van der Waals surface area contributed by atoms with Crippen molar-refractivity contribution in [1.82, 2.24) is 9.66 Å². The summed E-state index contributed by atoms with van der Waals surface area (Å²) in [5.41, 5.74) is 6.34. The summed E-state index contributed by atoms with van der Waals surface area (Å²) in [4.78, 5) is 3.99. The molecule has 0 atom stereocenters. The molecule has 2 aromatic heterocycles. The first-order valence-corrected chi connectivity index (χ1v) is 6.01. The van der Waals surface area contributed by atoms with E-state index in [-0.39, 0.29) is 0 Å². The van der Waals surface area contributed by atoms with Crippen LogP contribution in [-0.4, -0.2) is 9.66 Å². The maximum atomic E-state index is 8.89. The van der Waals surface area contributed by atoms with Crippen molar-refractivity contribution >= 4 is 16.6 Å². The van der Waals surface area contributed by atoms with Gasteiger partial charge in [0, 0.05) is 24.0 Å². The molecule has 4 nitrogen and oxygen atoms in total. The molecular weight excluding hydrogens is 236 g/mol. The van der Waals surface area contributed by atoms with Crippen molar-refractivity contribution in [2.24, 2.45) is 0 Å². The molecule has 2 heterocycles. The minimum absolute atomic E-state index is 0.408. The fourth-order valence-electron chi connectivity index (χ4n) is 2.13. The molecular formula is C15H12N4. The number of nitrogens with one attached hydrogen (secondary N) is 1. The van der Waals surface area contributed by atoms with Crippen molar-refractivity contribution in [3.8, 4) is 6.07 Å². The van der Waals surface area contributed by atoms with Crippen molar-refractivity contribution < 1.29 is 0 Å². The number of fused-ring (bicyclic) bond motifs is 1. The van der Waals surface area contributed by atoms with E-state index in [1.54, 1.807) is 12.4 Å². The summed E-state index contributed by atoms with van der Waals surface area (Å²) in [6.07, 6.45) is 5.86. The maximum absolute atomic E-state index is 8.89. The average Bonchev–Trinajstić information content (AvgIpc) is 2.79. The molecule has 92 valence electrons. The van der Waals surface area contributed by atoms with E-state index in [4.69, 9.17) is 5.26 Å². The second-order valence-corrected chi connectivity index (χ2v) is 4.22. The zero-order valence-electron chi connectivity index (χ0n) is 10.2. The van der Waals surface area contributed by atoms with Crippen LogP contribution in [0.2, 0.25) is 0 Å². The van der Waals surface area contributed by atoms with Gasteiger partial charge in [-0.2, -0.15) is 5.26 Å². The lowest BCUT2D eigenvalue weighted by Crippen LogP contribution is -2.06. The van der Waals surface area contributed by atoms with Gasteiger partial charge in [0.25, 0.3) is 0 Å². The largest absolute Gasteiger partial charge is 0.294 e. The molecule has 19 heavy (non-hydrogen) atoms. The number of nitrogens with zero attached hydrogens (tertiary/aromatic N) is 3. The highest BCUT2D eigenvalue weighted by Crippen LogP contribution is 2.21. The fourth-order valence-corrected chi connectivity index (χ4v) is 2.13. The molecule has 0 saturated carbocycles. The Morgan fingerprint density at radius 3 is 2.74 bits per heavy atom. The molecule has 0 unspecified atom stereocenters. The van der Waals surface area contributed by atoms with E-state index in [1.165, 1.54) is 0 Å². The van der Waals surface area contributed by atoms with Gasteiger partial charge in [0.2, 0.25) is 0 Å². The van der Waals surface area contributed by atoms with Gasteiger partial charge in [-0.05, 0) is 23.8 Å². The number of anilines is 1. The van der Waals surface area contributed by atoms with Gasteiger partial charge in [-0.25, -0.2) is 0 Å². The monoisotopic (exact) mass is 248 g/mol. The Hall–Kier alpha value is -2.80. The Balaban J connectivity index is 2.07. The molecule has 1 aromatic carbocycles. The summed E-state index contributed by atoms with van der Waals surface area (Å²) in [6, 6.07) is 14.0. The number of hydrogen-bond donors (Lipinski definition) is 1.